The molecule has 1 rings (SSSR count). The third kappa shape index (κ3) is 3.61. The van der Waals surface area contributed by atoms with E-state index in [2.05, 4.69) is 21.2 Å². The van der Waals surface area contributed by atoms with Crippen LogP contribution in [0.4, 0.5) is 0 Å². The smallest absolute Gasteiger partial charge is 0.251 e. The van der Waals surface area contributed by atoms with E-state index in [1.165, 1.54) is 0 Å². The summed E-state index contributed by atoms with van der Waals surface area (Å²) in [6, 6.07) is 5.66. The summed E-state index contributed by atoms with van der Waals surface area (Å²) in [6.07, 6.45) is 0.0245. The van der Waals surface area contributed by atoms with E-state index in [1.54, 1.807) is 7.11 Å². The van der Waals surface area contributed by atoms with Gasteiger partial charge in [-0.15, -0.1) is 0 Å². The molecule has 1 N–H and O–H groups in total. The number of ether oxygens (including phenoxy) is 1. The van der Waals surface area contributed by atoms with Crippen LogP contribution in [0.5, 0.6) is 0 Å². The van der Waals surface area contributed by atoms with Crippen molar-refractivity contribution in [3.05, 3.63) is 33.8 Å². The molecule has 0 fully saturated rings. The van der Waals surface area contributed by atoms with Crippen LogP contribution >= 0.6 is 15.9 Å². The van der Waals surface area contributed by atoms with E-state index in [0.717, 1.165) is 10.0 Å². The van der Waals surface area contributed by atoms with Crippen molar-refractivity contribution in [3.63, 3.8) is 0 Å². The van der Waals surface area contributed by atoms with Crippen LogP contribution in [0, 0.1) is 6.92 Å². The van der Waals surface area contributed by atoms with Crippen molar-refractivity contribution in [3.8, 4) is 0 Å². The molecule has 0 saturated carbocycles. The molecular weight excluding hydrogens is 270 g/mol. The van der Waals surface area contributed by atoms with Gasteiger partial charge in [-0.05, 0) is 31.5 Å². The number of benzene rings is 1. The van der Waals surface area contributed by atoms with Gasteiger partial charge >= 0.3 is 0 Å². The van der Waals surface area contributed by atoms with Crippen LogP contribution in [0.15, 0.2) is 22.7 Å². The summed E-state index contributed by atoms with van der Waals surface area (Å²) >= 11 is 3.35. The molecule has 0 aromatic heterocycles. The largest absolute Gasteiger partial charge is 0.380 e. The van der Waals surface area contributed by atoms with Gasteiger partial charge in [0.15, 0.2) is 0 Å². The third-order valence-electron chi connectivity index (χ3n) is 2.40. The lowest BCUT2D eigenvalue weighted by molar-refractivity contribution is 0.0870. The zero-order valence-corrected chi connectivity index (χ0v) is 11.3. The molecule has 1 aromatic carbocycles. The van der Waals surface area contributed by atoms with Crippen molar-refractivity contribution in [2.75, 3.05) is 13.7 Å². The van der Waals surface area contributed by atoms with Gasteiger partial charge in [0.1, 0.15) is 0 Å². The Labute approximate surface area is 104 Å². The Morgan fingerprint density at radius 3 is 2.88 bits per heavy atom. The minimum atomic E-state index is -0.0669. The molecule has 0 heterocycles. The molecule has 0 aliphatic rings. The van der Waals surface area contributed by atoms with E-state index in [1.807, 2.05) is 32.0 Å². The van der Waals surface area contributed by atoms with Crippen LogP contribution in [0.1, 0.15) is 22.8 Å². The van der Waals surface area contributed by atoms with Crippen molar-refractivity contribution in [2.24, 2.45) is 0 Å². The number of carbonyl (C=O) groups is 1. The molecule has 1 atom stereocenters. The van der Waals surface area contributed by atoms with Crippen molar-refractivity contribution in [2.45, 2.75) is 20.0 Å². The first kappa shape index (κ1) is 13.2. The SMILES string of the molecule is COC(C)CNC(=O)c1cc(Br)ccc1C. The zero-order valence-electron chi connectivity index (χ0n) is 9.71. The molecule has 3 nitrogen and oxygen atoms in total. The summed E-state index contributed by atoms with van der Waals surface area (Å²) in [5.74, 6) is -0.0669. The van der Waals surface area contributed by atoms with Crippen molar-refractivity contribution in [1.29, 1.82) is 0 Å². The second-order valence-corrected chi connectivity index (χ2v) is 4.63. The molecule has 0 spiro atoms. The van der Waals surface area contributed by atoms with Gasteiger partial charge in [0.25, 0.3) is 5.91 Å². The zero-order chi connectivity index (χ0) is 12.1. The Bertz CT molecular complexity index is 379. The fraction of sp³-hybridized carbons (Fsp3) is 0.417. The number of hydrogen-bond acceptors (Lipinski definition) is 2. The summed E-state index contributed by atoms with van der Waals surface area (Å²) < 4.78 is 5.97. The Balaban J connectivity index is 2.69. The van der Waals surface area contributed by atoms with Gasteiger partial charge < -0.3 is 10.1 Å². The maximum absolute atomic E-state index is 11.9. The Kier molecular flexibility index (Phi) is 4.96. The molecular formula is C12H16BrNO2. The summed E-state index contributed by atoms with van der Waals surface area (Å²) in [4.78, 5) is 11.9. The van der Waals surface area contributed by atoms with Crippen molar-refractivity contribution < 1.29 is 9.53 Å². The van der Waals surface area contributed by atoms with Crippen molar-refractivity contribution >= 4 is 21.8 Å². The number of nitrogens with one attached hydrogen (secondary N) is 1. The lowest BCUT2D eigenvalue weighted by atomic mass is 10.1. The summed E-state index contributed by atoms with van der Waals surface area (Å²) in [6.45, 7) is 4.34. The lowest BCUT2D eigenvalue weighted by Crippen LogP contribution is -2.31. The van der Waals surface area contributed by atoms with Gasteiger partial charge in [0, 0.05) is 23.7 Å². The molecule has 0 radical (unpaired) electrons. The average Bonchev–Trinajstić information content (AvgIpc) is 2.28. The molecule has 88 valence electrons. The molecule has 4 heteroatoms. The average molecular weight is 286 g/mol. The van der Waals surface area contributed by atoms with Crippen LogP contribution in [0.3, 0.4) is 0 Å². The molecule has 1 amide bonds. The fourth-order valence-corrected chi connectivity index (χ4v) is 1.61. The molecule has 1 unspecified atom stereocenters. The van der Waals surface area contributed by atoms with Gasteiger partial charge in [0.2, 0.25) is 0 Å². The van der Waals surface area contributed by atoms with Crippen LogP contribution in [-0.4, -0.2) is 25.7 Å². The quantitative estimate of drug-likeness (QED) is 0.923. The van der Waals surface area contributed by atoms with Gasteiger partial charge in [0.05, 0.1) is 6.10 Å². The van der Waals surface area contributed by atoms with Crippen LogP contribution < -0.4 is 5.32 Å². The van der Waals surface area contributed by atoms with Gasteiger partial charge in [-0.3, -0.25) is 4.79 Å². The highest BCUT2D eigenvalue weighted by atomic mass is 79.9. The van der Waals surface area contributed by atoms with Crippen LogP contribution in [0.2, 0.25) is 0 Å². The van der Waals surface area contributed by atoms with Crippen molar-refractivity contribution in [1.82, 2.24) is 5.32 Å². The summed E-state index contributed by atoms with van der Waals surface area (Å²) in [5, 5.41) is 2.83. The standard InChI is InChI=1S/C12H16BrNO2/c1-8-4-5-10(13)6-11(8)12(15)14-7-9(2)16-3/h4-6,9H,7H2,1-3H3,(H,14,15). The van der Waals surface area contributed by atoms with Gasteiger partial charge in [-0.2, -0.15) is 0 Å². The van der Waals surface area contributed by atoms with E-state index in [0.29, 0.717) is 12.1 Å². The number of amides is 1. The Hall–Kier alpha value is -0.870. The summed E-state index contributed by atoms with van der Waals surface area (Å²) in [5.41, 5.74) is 1.66. The second-order valence-electron chi connectivity index (χ2n) is 3.72. The number of carbonyl (C=O) groups excluding carboxylic acids is 1. The van der Waals surface area contributed by atoms with E-state index < -0.39 is 0 Å². The van der Waals surface area contributed by atoms with E-state index >= 15 is 0 Å². The number of rotatable bonds is 4. The lowest BCUT2D eigenvalue weighted by Gasteiger charge is -2.12. The topological polar surface area (TPSA) is 38.3 Å². The maximum atomic E-state index is 11.9. The van der Waals surface area contributed by atoms with E-state index in [9.17, 15) is 4.79 Å². The highest BCUT2D eigenvalue weighted by Crippen LogP contribution is 2.15. The van der Waals surface area contributed by atoms with Crippen LogP contribution in [0.25, 0.3) is 0 Å². The Morgan fingerprint density at radius 2 is 2.25 bits per heavy atom. The molecule has 0 saturated heterocycles. The van der Waals surface area contributed by atoms with Gasteiger partial charge in [-0.25, -0.2) is 0 Å². The minimum absolute atomic E-state index is 0.0245. The first-order valence-corrected chi connectivity index (χ1v) is 5.91. The molecule has 0 aliphatic heterocycles. The van der Waals surface area contributed by atoms with Gasteiger partial charge in [-0.1, -0.05) is 22.0 Å². The maximum Gasteiger partial charge on any atom is 0.251 e. The fourth-order valence-electron chi connectivity index (χ4n) is 1.25. The molecule has 1 aromatic rings. The van der Waals surface area contributed by atoms with Crippen LogP contribution in [-0.2, 0) is 4.74 Å². The van der Waals surface area contributed by atoms with E-state index in [4.69, 9.17) is 4.74 Å². The monoisotopic (exact) mass is 285 g/mol. The number of hydrogen-bond donors (Lipinski definition) is 1. The molecule has 16 heavy (non-hydrogen) atoms. The predicted molar refractivity (Wildman–Crippen MR) is 67.7 cm³/mol. The molecule has 0 aliphatic carbocycles. The highest BCUT2D eigenvalue weighted by Gasteiger charge is 2.10. The highest BCUT2D eigenvalue weighted by molar-refractivity contribution is 9.10. The first-order valence-electron chi connectivity index (χ1n) is 5.11. The first-order chi connectivity index (χ1) is 7.54. The number of methoxy groups -OCH3 is 1. The third-order valence-corrected chi connectivity index (χ3v) is 2.89. The number of aryl methyl sites for hydroxylation is 1. The minimum Gasteiger partial charge on any atom is -0.380 e. The Morgan fingerprint density at radius 1 is 1.56 bits per heavy atom. The summed E-state index contributed by atoms with van der Waals surface area (Å²) in [7, 11) is 1.63. The van der Waals surface area contributed by atoms with E-state index in [-0.39, 0.29) is 12.0 Å². The number of halogens is 1. The normalized spacial score (nSPS) is 12.2. The molecule has 0 bridgehead atoms. The second kappa shape index (κ2) is 6.01. The predicted octanol–water partition coefficient (Wildman–Crippen LogP) is 2.52.